The molecule has 0 radical (unpaired) electrons. The highest BCUT2D eigenvalue weighted by atomic mass is 35.5. The summed E-state index contributed by atoms with van der Waals surface area (Å²) >= 11 is 5.99. The van der Waals surface area contributed by atoms with Crippen LogP contribution in [0.2, 0.25) is 5.02 Å². The highest BCUT2D eigenvalue weighted by Gasteiger charge is 2.18. The molecule has 1 atom stereocenters. The number of carbonyl (C=O) groups is 1. The molecule has 0 saturated carbocycles. The quantitative estimate of drug-likeness (QED) is 0.471. The minimum absolute atomic E-state index is 0.0372. The average molecular weight is 420 g/mol. The lowest BCUT2D eigenvalue weighted by Crippen LogP contribution is -2.32. The molecule has 1 aliphatic rings. The monoisotopic (exact) mass is 419 g/mol. The number of fused-ring (bicyclic) bond motifs is 1. The molecule has 1 aromatic heterocycles. The van der Waals surface area contributed by atoms with E-state index in [-0.39, 0.29) is 17.6 Å². The Morgan fingerprint density at radius 1 is 1.27 bits per heavy atom. The summed E-state index contributed by atoms with van der Waals surface area (Å²) in [6, 6.07) is 17.7. The minimum atomic E-state index is -0.373. The topological polar surface area (TPSA) is 67.0 Å². The molecule has 1 unspecified atom stereocenters. The van der Waals surface area contributed by atoms with Gasteiger partial charge in [0.05, 0.1) is 6.10 Å². The number of amides is 1. The zero-order chi connectivity index (χ0) is 20.9. The Labute approximate surface area is 180 Å². The van der Waals surface area contributed by atoms with Gasteiger partial charge in [-0.2, -0.15) is 5.26 Å². The van der Waals surface area contributed by atoms with Crippen LogP contribution >= 0.6 is 11.6 Å². The van der Waals surface area contributed by atoms with E-state index >= 15 is 0 Å². The summed E-state index contributed by atoms with van der Waals surface area (Å²) in [4.78, 5) is 12.5. The Balaban J connectivity index is 1.60. The van der Waals surface area contributed by atoms with E-state index in [9.17, 15) is 10.1 Å². The Bertz CT molecular complexity index is 1120. The van der Waals surface area contributed by atoms with Crippen LogP contribution in [-0.2, 0) is 16.1 Å². The number of aromatic nitrogens is 1. The summed E-state index contributed by atoms with van der Waals surface area (Å²) in [6.45, 7) is 1.82. The molecule has 0 aliphatic carbocycles. The third-order valence-electron chi connectivity index (χ3n) is 5.26. The number of nitrogens with zero attached hydrogens (tertiary/aromatic N) is 2. The van der Waals surface area contributed by atoms with Crippen molar-refractivity contribution in [2.75, 3.05) is 13.2 Å². The molecule has 5 nitrogen and oxygen atoms in total. The molecular formula is C24H22ClN3O2. The Morgan fingerprint density at radius 2 is 2.07 bits per heavy atom. The van der Waals surface area contributed by atoms with E-state index in [2.05, 4.69) is 9.88 Å². The first-order valence-electron chi connectivity index (χ1n) is 9.98. The van der Waals surface area contributed by atoms with Gasteiger partial charge in [0, 0.05) is 47.4 Å². The molecule has 2 aromatic carbocycles. The second kappa shape index (κ2) is 9.17. The van der Waals surface area contributed by atoms with Crippen LogP contribution in [0.25, 0.3) is 17.0 Å². The van der Waals surface area contributed by atoms with Crippen LogP contribution in [0.1, 0.15) is 24.0 Å². The molecule has 1 N–H and O–H groups in total. The van der Waals surface area contributed by atoms with Crippen molar-refractivity contribution in [2.45, 2.75) is 25.5 Å². The molecule has 3 aromatic rings. The molecule has 1 amide bonds. The van der Waals surface area contributed by atoms with Crippen molar-refractivity contribution in [3.63, 3.8) is 0 Å². The van der Waals surface area contributed by atoms with Crippen molar-refractivity contribution in [3.8, 4) is 6.07 Å². The molecule has 1 fully saturated rings. The number of para-hydroxylation sites is 1. The molecule has 152 valence electrons. The van der Waals surface area contributed by atoms with Crippen LogP contribution in [0.3, 0.4) is 0 Å². The van der Waals surface area contributed by atoms with Gasteiger partial charge < -0.3 is 14.6 Å². The number of benzene rings is 2. The standard InChI is InChI=1S/C24H22ClN3O2/c25-20-9-7-17(8-10-20)15-28-16-19(22-5-1-2-6-23(22)28)12-18(13-26)24(29)27-14-21-4-3-11-30-21/h1-2,5-10,12,16,21H,3-4,11,14-15H2,(H,27,29)/b18-12-. The van der Waals surface area contributed by atoms with Crippen LogP contribution in [0, 0.1) is 11.3 Å². The first-order chi connectivity index (χ1) is 14.6. The maximum Gasteiger partial charge on any atom is 0.262 e. The van der Waals surface area contributed by atoms with E-state index < -0.39 is 0 Å². The number of halogens is 1. The first-order valence-corrected chi connectivity index (χ1v) is 10.4. The number of ether oxygens (including phenoxy) is 1. The fourth-order valence-corrected chi connectivity index (χ4v) is 3.84. The Kier molecular flexibility index (Phi) is 6.18. The fourth-order valence-electron chi connectivity index (χ4n) is 3.72. The van der Waals surface area contributed by atoms with E-state index in [4.69, 9.17) is 16.3 Å². The van der Waals surface area contributed by atoms with E-state index in [1.807, 2.05) is 60.8 Å². The molecule has 30 heavy (non-hydrogen) atoms. The summed E-state index contributed by atoms with van der Waals surface area (Å²) in [6.07, 6.45) is 5.61. The van der Waals surface area contributed by atoms with Gasteiger partial charge in [0.1, 0.15) is 11.6 Å². The van der Waals surface area contributed by atoms with Crippen LogP contribution in [0.5, 0.6) is 0 Å². The van der Waals surface area contributed by atoms with Gasteiger partial charge in [-0.15, -0.1) is 0 Å². The number of hydrogen-bond donors (Lipinski definition) is 1. The van der Waals surface area contributed by atoms with Crippen molar-refractivity contribution in [1.29, 1.82) is 5.26 Å². The second-order valence-electron chi connectivity index (χ2n) is 7.37. The predicted molar refractivity (Wildman–Crippen MR) is 118 cm³/mol. The number of rotatable bonds is 6. The zero-order valence-corrected chi connectivity index (χ0v) is 17.2. The van der Waals surface area contributed by atoms with Crippen LogP contribution in [0.15, 0.2) is 60.3 Å². The molecule has 1 aliphatic heterocycles. The smallest absolute Gasteiger partial charge is 0.262 e. The Morgan fingerprint density at radius 3 is 2.80 bits per heavy atom. The summed E-state index contributed by atoms with van der Waals surface area (Å²) in [5.74, 6) is -0.373. The highest BCUT2D eigenvalue weighted by Crippen LogP contribution is 2.25. The van der Waals surface area contributed by atoms with Gasteiger partial charge in [-0.3, -0.25) is 4.79 Å². The van der Waals surface area contributed by atoms with Crippen molar-refractivity contribution in [3.05, 3.63) is 76.5 Å². The third-order valence-corrected chi connectivity index (χ3v) is 5.52. The lowest BCUT2D eigenvalue weighted by atomic mass is 10.1. The lowest BCUT2D eigenvalue weighted by Gasteiger charge is -2.10. The molecular weight excluding hydrogens is 398 g/mol. The van der Waals surface area contributed by atoms with Crippen molar-refractivity contribution in [1.82, 2.24) is 9.88 Å². The lowest BCUT2D eigenvalue weighted by molar-refractivity contribution is -0.117. The third kappa shape index (κ3) is 4.56. The molecule has 0 bridgehead atoms. The van der Waals surface area contributed by atoms with Gasteiger partial charge in [0.25, 0.3) is 5.91 Å². The van der Waals surface area contributed by atoms with Crippen molar-refractivity contribution >= 4 is 34.5 Å². The number of hydrogen-bond acceptors (Lipinski definition) is 3. The number of nitriles is 1. The SMILES string of the molecule is N#C/C(=C/c1cn(Cc2ccc(Cl)cc2)c2ccccc12)C(=O)NCC1CCCO1. The maximum absolute atomic E-state index is 12.5. The van der Waals surface area contributed by atoms with Gasteiger partial charge in [0.15, 0.2) is 0 Å². The maximum atomic E-state index is 12.5. The predicted octanol–water partition coefficient (Wildman–Crippen LogP) is 4.55. The zero-order valence-electron chi connectivity index (χ0n) is 16.5. The normalized spacial score (nSPS) is 16.5. The van der Waals surface area contributed by atoms with E-state index in [0.29, 0.717) is 18.1 Å². The first kappa shape index (κ1) is 20.2. The van der Waals surface area contributed by atoms with Crippen LogP contribution in [-0.4, -0.2) is 29.7 Å². The summed E-state index contributed by atoms with van der Waals surface area (Å²) in [5, 5.41) is 14.1. The van der Waals surface area contributed by atoms with Gasteiger partial charge >= 0.3 is 0 Å². The molecule has 2 heterocycles. The van der Waals surface area contributed by atoms with E-state index in [0.717, 1.165) is 41.5 Å². The fraction of sp³-hybridized carbons (Fsp3) is 0.250. The molecule has 6 heteroatoms. The Hall–Kier alpha value is -3.07. The summed E-state index contributed by atoms with van der Waals surface area (Å²) < 4.78 is 7.65. The molecule has 1 saturated heterocycles. The minimum Gasteiger partial charge on any atom is -0.376 e. The number of carbonyl (C=O) groups excluding carboxylic acids is 1. The van der Waals surface area contributed by atoms with Gasteiger partial charge in [-0.05, 0) is 42.7 Å². The highest BCUT2D eigenvalue weighted by molar-refractivity contribution is 6.30. The summed E-state index contributed by atoms with van der Waals surface area (Å²) in [7, 11) is 0. The van der Waals surface area contributed by atoms with Gasteiger partial charge in [-0.1, -0.05) is 41.9 Å². The van der Waals surface area contributed by atoms with E-state index in [1.165, 1.54) is 0 Å². The van der Waals surface area contributed by atoms with Gasteiger partial charge in [0.2, 0.25) is 0 Å². The van der Waals surface area contributed by atoms with E-state index in [1.54, 1.807) is 6.08 Å². The van der Waals surface area contributed by atoms with Crippen molar-refractivity contribution in [2.24, 2.45) is 0 Å². The summed E-state index contributed by atoms with van der Waals surface area (Å²) in [5.41, 5.74) is 3.08. The largest absolute Gasteiger partial charge is 0.376 e. The van der Waals surface area contributed by atoms with Crippen LogP contribution in [0.4, 0.5) is 0 Å². The van der Waals surface area contributed by atoms with Crippen LogP contribution < -0.4 is 5.32 Å². The van der Waals surface area contributed by atoms with Crippen molar-refractivity contribution < 1.29 is 9.53 Å². The number of nitrogens with one attached hydrogen (secondary N) is 1. The average Bonchev–Trinajstić information content (AvgIpc) is 3.40. The molecule has 4 rings (SSSR count). The van der Waals surface area contributed by atoms with Gasteiger partial charge in [-0.25, -0.2) is 0 Å². The molecule has 0 spiro atoms. The second-order valence-corrected chi connectivity index (χ2v) is 7.81.